The molecule has 25 heavy (non-hydrogen) atoms. The molecule has 3 rings (SSSR count). The van der Waals surface area contributed by atoms with Gasteiger partial charge in [-0.15, -0.1) is 10.2 Å². The molecule has 1 amide bonds. The summed E-state index contributed by atoms with van der Waals surface area (Å²) in [5.41, 5.74) is 1.31. The first-order valence-corrected chi connectivity index (χ1v) is 7.87. The SMILES string of the molecule is O=C(NCc1ccccc1F)c1ccc(Nc2cccc(Cl)c2)nn1. The molecule has 1 heterocycles. The van der Waals surface area contributed by atoms with Gasteiger partial charge in [-0.3, -0.25) is 4.79 Å². The summed E-state index contributed by atoms with van der Waals surface area (Å²) in [4.78, 5) is 12.1. The number of hydrogen-bond acceptors (Lipinski definition) is 4. The van der Waals surface area contributed by atoms with Gasteiger partial charge in [-0.1, -0.05) is 35.9 Å². The second-order valence-electron chi connectivity index (χ2n) is 5.21. The molecule has 5 nitrogen and oxygen atoms in total. The van der Waals surface area contributed by atoms with E-state index < -0.39 is 5.91 Å². The fourth-order valence-corrected chi connectivity index (χ4v) is 2.33. The van der Waals surface area contributed by atoms with E-state index in [1.165, 1.54) is 12.1 Å². The van der Waals surface area contributed by atoms with Gasteiger partial charge in [0.1, 0.15) is 5.82 Å². The normalized spacial score (nSPS) is 10.3. The molecule has 7 heteroatoms. The largest absolute Gasteiger partial charge is 0.346 e. The van der Waals surface area contributed by atoms with Crippen LogP contribution in [0, 0.1) is 5.82 Å². The van der Waals surface area contributed by atoms with Crippen LogP contribution in [0.4, 0.5) is 15.9 Å². The zero-order valence-electron chi connectivity index (χ0n) is 13.0. The van der Waals surface area contributed by atoms with E-state index >= 15 is 0 Å². The summed E-state index contributed by atoms with van der Waals surface area (Å²) >= 11 is 5.92. The lowest BCUT2D eigenvalue weighted by Gasteiger charge is -2.07. The van der Waals surface area contributed by atoms with Crippen molar-refractivity contribution in [2.75, 3.05) is 5.32 Å². The Morgan fingerprint density at radius 3 is 2.60 bits per heavy atom. The van der Waals surface area contributed by atoms with Gasteiger partial charge in [-0.05, 0) is 36.4 Å². The molecule has 126 valence electrons. The highest BCUT2D eigenvalue weighted by atomic mass is 35.5. The topological polar surface area (TPSA) is 66.9 Å². The Balaban J connectivity index is 1.61. The summed E-state index contributed by atoms with van der Waals surface area (Å²) in [5.74, 6) is -0.312. The minimum absolute atomic E-state index is 0.0791. The van der Waals surface area contributed by atoms with Crippen LogP contribution in [0.5, 0.6) is 0 Å². The molecule has 0 atom stereocenters. The van der Waals surface area contributed by atoms with Crippen molar-refractivity contribution in [1.29, 1.82) is 0 Å². The number of anilines is 2. The Kier molecular flexibility index (Phi) is 5.20. The van der Waals surface area contributed by atoms with Crippen LogP contribution >= 0.6 is 11.6 Å². The molecule has 0 bridgehead atoms. The average Bonchev–Trinajstić information content (AvgIpc) is 2.61. The lowest BCUT2D eigenvalue weighted by Crippen LogP contribution is -2.24. The predicted molar refractivity (Wildman–Crippen MR) is 94.3 cm³/mol. The summed E-state index contributed by atoms with van der Waals surface area (Å²) < 4.78 is 13.5. The lowest BCUT2D eigenvalue weighted by molar-refractivity contribution is 0.0944. The van der Waals surface area contributed by atoms with Crippen LogP contribution in [0.25, 0.3) is 0 Å². The number of amides is 1. The third-order valence-electron chi connectivity index (χ3n) is 3.39. The van der Waals surface area contributed by atoms with E-state index in [4.69, 9.17) is 11.6 Å². The molecule has 0 radical (unpaired) electrons. The molecular formula is C18H14ClFN4O. The fraction of sp³-hybridized carbons (Fsp3) is 0.0556. The van der Waals surface area contributed by atoms with E-state index in [9.17, 15) is 9.18 Å². The third kappa shape index (κ3) is 4.51. The Bertz CT molecular complexity index is 886. The van der Waals surface area contributed by atoms with Gasteiger partial charge in [0, 0.05) is 22.8 Å². The zero-order valence-corrected chi connectivity index (χ0v) is 13.8. The number of rotatable bonds is 5. The number of halogens is 2. The van der Waals surface area contributed by atoms with Gasteiger partial charge in [-0.25, -0.2) is 4.39 Å². The minimum Gasteiger partial charge on any atom is -0.346 e. The van der Waals surface area contributed by atoms with Crippen LogP contribution in [0.1, 0.15) is 16.1 Å². The van der Waals surface area contributed by atoms with Crippen molar-refractivity contribution >= 4 is 29.0 Å². The molecule has 0 aliphatic heterocycles. The molecule has 3 aromatic rings. The molecule has 0 aliphatic rings. The smallest absolute Gasteiger partial charge is 0.272 e. The first kappa shape index (κ1) is 16.9. The number of nitrogens with one attached hydrogen (secondary N) is 2. The van der Waals surface area contributed by atoms with Crippen molar-refractivity contribution in [1.82, 2.24) is 15.5 Å². The van der Waals surface area contributed by atoms with Crippen LogP contribution in [0.3, 0.4) is 0 Å². The Morgan fingerprint density at radius 2 is 1.88 bits per heavy atom. The van der Waals surface area contributed by atoms with Crippen LogP contribution < -0.4 is 10.6 Å². The van der Waals surface area contributed by atoms with Gasteiger partial charge < -0.3 is 10.6 Å². The third-order valence-corrected chi connectivity index (χ3v) is 3.63. The average molecular weight is 357 g/mol. The van der Waals surface area contributed by atoms with E-state index in [1.807, 2.05) is 12.1 Å². The van der Waals surface area contributed by atoms with Crippen LogP contribution in [0.15, 0.2) is 60.7 Å². The number of carbonyl (C=O) groups excluding carboxylic acids is 1. The number of hydrogen-bond donors (Lipinski definition) is 2. The number of benzene rings is 2. The van der Waals surface area contributed by atoms with Gasteiger partial charge in [0.2, 0.25) is 0 Å². The van der Waals surface area contributed by atoms with Crippen LogP contribution in [0.2, 0.25) is 5.02 Å². The Morgan fingerprint density at radius 1 is 1.04 bits per heavy atom. The van der Waals surface area contributed by atoms with Crippen LogP contribution in [-0.4, -0.2) is 16.1 Å². The van der Waals surface area contributed by atoms with E-state index in [2.05, 4.69) is 20.8 Å². The van der Waals surface area contributed by atoms with E-state index in [0.717, 1.165) is 5.69 Å². The second kappa shape index (κ2) is 7.72. The highest BCUT2D eigenvalue weighted by molar-refractivity contribution is 6.30. The number of carbonyl (C=O) groups is 1. The summed E-state index contributed by atoms with van der Waals surface area (Å²) in [6.45, 7) is 0.0791. The molecule has 0 saturated heterocycles. The molecule has 2 N–H and O–H groups in total. The molecule has 1 aromatic heterocycles. The molecule has 0 spiro atoms. The summed E-state index contributed by atoms with van der Waals surface area (Å²) in [6, 6.07) is 16.6. The Hall–Kier alpha value is -2.99. The van der Waals surface area contributed by atoms with Gasteiger partial charge in [0.05, 0.1) is 0 Å². The van der Waals surface area contributed by atoms with Crippen molar-refractivity contribution in [2.24, 2.45) is 0 Å². The summed E-state index contributed by atoms with van der Waals surface area (Å²) in [6.07, 6.45) is 0. The molecular weight excluding hydrogens is 343 g/mol. The van der Waals surface area contributed by atoms with Gasteiger partial charge in [-0.2, -0.15) is 0 Å². The summed E-state index contributed by atoms with van der Waals surface area (Å²) in [5, 5.41) is 14.1. The quantitative estimate of drug-likeness (QED) is 0.726. The van der Waals surface area contributed by atoms with E-state index in [0.29, 0.717) is 16.4 Å². The van der Waals surface area contributed by atoms with Crippen molar-refractivity contribution in [2.45, 2.75) is 6.54 Å². The lowest BCUT2D eigenvalue weighted by atomic mass is 10.2. The molecule has 0 aliphatic carbocycles. The standard InChI is InChI=1S/C18H14ClFN4O/c19-13-5-3-6-14(10-13)22-17-9-8-16(23-24-17)18(25)21-11-12-4-1-2-7-15(12)20/h1-10H,11H2,(H,21,25)(H,22,24). The highest BCUT2D eigenvalue weighted by Gasteiger charge is 2.09. The predicted octanol–water partition coefficient (Wildman–Crippen LogP) is 3.94. The van der Waals surface area contributed by atoms with Gasteiger partial charge in [0.15, 0.2) is 11.5 Å². The summed E-state index contributed by atoms with van der Waals surface area (Å²) in [7, 11) is 0. The second-order valence-corrected chi connectivity index (χ2v) is 5.65. The fourth-order valence-electron chi connectivity index (χ4n) is 2.14. The molecule has 0 fully saturated rings. The zero-order chi connectivity index (χ0) is 17.6. The number of aromatic nitrogens is 2. The molecule has 0 saturated carbocycles. The maximum atomic E-state index is 13.5. The van der Waals surface area contributed by atoms with Gasteiger partial charge in [0.25, 0.3) is 5.91 Å². The Labute approximate surface area is 148 Å². The van der Waals surface area contributed by atoms with Gasteiger partial charge >= 0.3 is 0 Å². The first-order chi connectivity index (χ1) is 12.1. The van der Waals surface area contributed by atoms with Crippen molar-refractivity contribution in [3.8, 4) is 0 Å². The van der Waals surface area contributed by atoms with Crippen molar-refractivity contribution < 1.29 is 9.18 Å². The first-order valence-electron chi connectivity index (χ1n) is 7.50. The maximum absolute atomic E-state index is 13.5. The minimum atomic E-state index is -0.426. The molecule has 2 aromatic carbocycles. The van der Waals surface area contributed by atoms with E-state index in [1.54, 1.807) is 36.4 Å². The monoisotopic (exact) mass is 356 g/mol. The molecule has 0 unspecified atom stereocenters. The number of nitrogens with zero attached hydrogens (tertiary/aromatic N) is 2. The van der Waals surface area contributed by atoms with E-state index in [-0.39, 0.29) is 18.1 Å². The van der Waals surface area contributed by atoms with Crippen molar-refractivity contribution in [3.63, 3.8) is 0 Å². The maximum Gasteiger partial charge on any atom is 0.272 e. The van der Waals surface area contributed by atoms with Crippen LogP contribution in [-0.2, 0) is 6.54 Å². The highest BCUT2D eigenvalue weighted by Crippen LogP contribution is 2.18. The van der Waals surface area contributed by atoms with Crippen molar-refractivity contribution in [3.05, 3.63) is 82.8 Å².